The summed E-state index contributed by atoms with van der Waals surface area (Å²) in [6.07, 6.45) is 0.177. The van der Waals surface area contributed by atoms with Gasteiger partial charge in [0, 0.05) is 7.11 Å². The normalized spacial score (nSPS) is 15.7. The van der Waals surface area contributed by atoms with Gasteiger partial charge in [0.05, 0.1) is 11.9 Å². The van der Waals surface area contributed by atoms with Gasteiger partial charge in [0.15, 0.2) is 0 Å². The maximum absolute atomic E-state index is 11.9. The molecule has 0 saturated carbocycles. The van der Waals surface area contributed by atoms with E-state index in [1.165, 1.54) is 7.11 Å². The first-order valence-electron chi connectivity index (χ1n) is 6.34. The third-order valence-corrected chi connectivity index (χ3v) is 4.14. The van der Waals surface area contributed by atoms with E-state index in [0.717, 1.165) is 0 Å². The lowest BCUT2D eigenvalue weighted by atomic mass is 10.1. The number of sulfonamides is 1. The van der Waals surface area contributed by atoms with E-state index in [-0.39, 0.29) is 11.7 Å². The summed E-state index contributed by atoms with van der Waals surface area (Å²) in [7, 11) is -2.23. The quantitative estimate of drug-likeness (QED) is 0.664. The molecule has 0 aliphatic rings. The summed E-state index contributed by atoms with van der Waals surface area (Å²) >= 11 is 0. The highest BCUT2D eigenvalue weighted by atomic mass is 32.2. The van der Waals surface area contributed by atoms with Crippen molar-refractivity contribution in [3.05, 3.63) is 0 Å². The monoisotopic (exact) mass is 295 g/mol. The molecule has 2 N–H and O–H groups in total. The van der Waals surface area contributed by atoms with Crippen molar-refractivity contribution in [3.63, 3.8) is 0 Å². The van der Waals surface area contributed by atoms with Gasteiger partial charge in [0.1, 0.15) is 6.04 Å². The highest BCUT2D eigenvalue weighted by molar-refractivity contribution is 7.89. The number of carboxylic acid groups (broad SMARTS) is 1. The van der Waals surface area contributed by atoms with Crippen LogP contribution in [-0.2, 0) is 19.6 Å². The van der Waals surface area contributed by atoms with E-state index in [4.69, 9.17) is 9.84 Å². The fraction of sp³-hybridized carbons (Fsp3) is 0.917. The van der Waals surface area contributed by atoms with E-state index in [1.807, 2.05) is 13.8 Å². The number of ether oxygens (including phenoxy) is 1. The number of carboxylic acids is 1. The summed E-state index contributed by atoms with van der Waals surface area (Å²) in [6, 6.07) is -1.11. The van der Waals surface area contributed by atoms with Crippen LogP contribution in [0.4, 0.5) is 0 Å². The molecule has 19 heavy (non-hydrogen) atoms. The van der Waals surface area contributed by atoms with E-state index < -0.39 is 28.1 Å². The molecule has 0 radical (unpaired) electrons. The number of aliphatic carboxylic acids is 1. The van der Waals surface area contributed by atoms with Gasteiger partial charge in [0.2, 0.25) is 10.0 Å². The minimum absolute atomic E-state index is 0.224. The highest BCUT2D eigenvalue weighted by Gasteiger charge is 2.29. The van der Waals surface area contributed by atoms with Gasteiger partial charge in [-0.15, -0.1) is 0 Å². The van der Waals surface area contributed by atoms with Crippen molar-refractivity contribution in [3.8, 4) is 0 Å². The van der Waals surface area contributed by atoms with E-state index in [0.29, 0.717) is 12.3 Å². The zero-order chi connectivity index (χ0) is 15.2. The molecule has 0 heterocycles. The lowest BCUT2D eigenvalue weighted by Crippen LogP contribution is -2.46. The Labute approximate surface area is 115 Å². The summed E-state index contributed by atoms with van der Waals surface area (Å²) in [5.41, 5.74) is 0. The van der Waals surface area contributed by atoms with Crippen LogP contribution in [-0.4, -0.2) is 44.5 Å². The summed E-state index contributed by atoms with van der Waals surface area (Å²) < 4.78 is 31.2. The third-order valence-electron chi connectivity index (χ3n) is 2.71. The molecule has 7 heteroatoms. The Morgan fingerprint density at radius 3 is 2.11 bits per heavy atom. The third kappa shape index (κ3) is 7.49. The molecule has 0 saturated heterocycles. The van der Waals surface area contributed by atoms with Crippen LogP contribution in [0.2, 0.25) is 0 Å². The zero-order valence-electron chi connectivity index (χ0n) is 12.2. The van der Waals surface area contributed by atoms with E-state index in [1.54, 1.807) is 13.8 Å². The molecule has 0 aromatic carbocycles. The van der Waals surface area contributed by atoms with Gasteiger partial charge in [-0.1, -0.05) is 27.7 Å². The summed E-state index contributed by atoms with van der Waals surface area (Å²) in [5, 5.41) is 8.99. The molecule has 2 atom stereocenters. The molecular weight excluding hydrogens is 270 g/mol. The Hall–Kier alpha value is -0.660. The number of methoxy groups -OCH3 is 1. The molecule has 0 spiro atoms. The minimum Gasteiger partial charge on any atom is -0.480 e. The zero-order valence-corrected chi connectivity index (χ0v) is 13.0. The average molecular weight is 295 g/mol. The second kappa shape index (κ2) is 7.81. The maximum atomic E-state index is 11.9. The topological polar surface area (TPSA) is 92.7 Å². The fourth-order valence-electron chi connectivity index (χ4n) is 1.72. The van der Waals surface area contributed by atoms with Crippen molar-refractivity contribution in [2.45, 2.75) is 46.3 Å². The standard InChI is InChI=1S/C12H25NO5S/c1-8(2)6-10(18-5)7-19(16,17)13-11(9(3)4)12(14)15/h8-11,13H,6-7H2,1-5H3,(H,14,15). The summed E-state index contributed by atoms with van der Waals surface area (Å²) in [6.45, 7) is 7.26. The van der Waals surface area contributed by atoms with Crippen LogP contribution in [0.3, 0.4) is 0 Å². The summed E-state index contributed by atoms with van der Waals surface area (Å²) in [5.74, 6) is -1.41. The molecule has 6 nitrogen and oxygen atoms in total. The van der Waals surface area contributed by atoms with Gasteiger partial charge in [-0.05, 0) is 18.3 Å². The molecule has 0 bridgehead atoms. The van der Waals surface area contributed by atoms with Gasteiger partial charge in [0.25, 0.3) is 0 Å². The van der Waals surface area contributed by atoms with Gasteiger partial charge in [-0.2, -0.15) is 0 Å². The first-order chi connectivity index (χ1) is 8.59. The highest BCUT2D eigenvalue weighted by Crippen LogP contribution is 2.11. The number of nitrogens with one attached hydrogen (secondary N) is 1. The Balaban J connectivity index is 4.73. The van der Waals surface area contributed by atoms with E-state index in [2.05, 4.69) is 4.72 Å². The van der Waals surface area contributed by atoms with Crippen LogP contribution in [0.1, 0.15) is 34.1 Å². The van der Waals surface area contributed by atoms with Crippen molar-refractivity contribution < 1.29 is 23.1 Å². The average Bonchev–Trinajstić information content (AvgIpc) is 2.23. The molecule has 0 fully saturated rings. The van der Waals surface area contributed by atoms with Crippen LogP contribution in [0.5, 0.6) is 0 Å². The van der Waals surface area contributed by atoms with Crippen LogP contribution in [0.15, 0.2) is 0 Å². The minimum atomic E-state index is -3.68. The predicted octanol–water partition coefficient (Wildman–Crippen LogP) is 1.08. The second-order valence-corrected chi connectivity index (χ2v) is 7.24. The van der Waals surface area contributed by atoms with Gasteiger partial charge >= 0.3 is 5.97 Å². The van der Waals surface area contributed by atoms with Crippen LogP contribution < -0.4 is 4.72 Å². The van der Waals surface area contributed by atoms with Crippen molar-refractivity contribution in [1.82, 2.24) is 4.72 Å². The smallest absolute Gasteiger partial charge is 0.321 e. The molecule has 2 unspecified atom stereocenters. The lowest BCUT2D eigenvalue weighted by Gasteiger charge is -2.21. The summed E-state index contributed by atoms with van der Waals surface area (Å²) in [4.78, 5) is 11.0. The van der Waals surface area contributed by atoms with Crippen molar-refractivity contribution in [1.29, 1.82) is 0 Å². The molecule has 0 aromatic rings. The van der Waals surface area contributed by atoms with Crippen LogP contribution >= 0.6 is 0 Å². The molecule has 114 valence electrons. The maximum Gasteiger partial charge on any atom is 0.321 e. The number of rotatable bonds is 9. The van der Waals surface area contributed by atoms with Crippen molar-refractivity contribution in [2.75, 3.05) is 12.9 Å². The fourth-order valence-corrected chi connectivity index (χ4v) is 3.33. The number of hydrogen-bond acceptors (Lipinski definition) is 4. The molecular formula is C12H25NO5S. The SMILES string of the molecule is COC(CC(C)C)CS(=O)(=O)NC(C(=O)O)C(C)C. The van der Waals surface area contributed by atoms with Gasteiger partial charge in [-0.25, -0.2) is 13.1 Å². The van der Waals surface area contributed by atoms with Crippen LogP contribution in [0, 0.1) is 11.8 Å². The first-order valence-corrected chi connectivity index (χ1v) is 7.99. The predicted molar refractivity (Wildman–Crippen MR) is 73.4 cm³/mol. The molecule has 0 aromatic heterocycles. The van der Waals surface area contributed by atoms with E-state index >= 15 is 0 Å². The molecule has 0 aliphatic carbocycles. The first kappa shape index (κ1) is 18.3. The van der Waals surface area contributed by atoms with Crippen molar-refractivity contribution >= 4 is 16.0 Å². The number of carbonyl (C=O) groups is 1. The number of hydrogen-bond donors (Lipinski definition) is 2. The second-order valence-electron chi connectivity index (χ2n) is 5.45. The van der Waals surface area contributed by atoms with Crippen LogP contribution in [0.25, 0.3) is 0 Å². The molecule has 0 amide bonds. The largest absolute Gasteiger partial charge is 0.480 e. The Morgan fingerprint density at radius 2 is 1.79 bits per heavy atom. The Kier molecular flexibility index (Phi) is 7.54. The van der Waals surface area contributed by atoms with Gasteiger partial charge in [-0.3, -0.25) is 4.79 Å². The Bertz CT molecular complexity index is 378. The Morgan fingerprint density at radius 1 is 1.26 bits per heavy atom. The lowest BCUT2D eigenvalue weighted by molar-refractivity contribution is -0.140. The molecule has 0 rings (SSSR count). The van der Waals surface area contributed by atoms with Crippen molar-refractivity contribution in [2.24, 2.45) is 11.8 Å². The molecule has 0 aliphatic heterocycles. The van der Waals surface area contributed by atoms with Gasteiger partial charge < -0.3 is 9.84 Å². The van der Waals surface area contributed by atoms with E-state index in [9.17, 15) is 13.2 Å².